The van der Waals surface area contributed by atoms with Gasteiger partial charge in [-0.2, -0.15) is 0 Å². The van der Waals surface area contributed by atoms with Gasteiger partial charge < -0.3 is 10.2 Å². The third-order valence-corrected chi connectivity index (χ3v) is 3.21. The monoisotopic (exact) mass is 233 g/mol. The molecule has 1 aliphatic rings. The van der Waals surface area contributed by atoms with Gasteiger partial charge in [-0.15, -0.1) is 0 Å². The third-order valence-electron chi connectivity index (χ3n) is 3.21. The van der Waals surface area contributed by atoms with E-state index in [-0.39, 0.29) is 6.04 Å². The Morgan fingerprint density at radius 3 is 3.06 bits per heavy atom. The van der Waals surface area contributed by atoms with Crippen LogP contribution >= 0.6 is 0 Å². The summed E-state index contributed by atoms with van der Waals surface area (Å²) in [5, 5.41) is 3.17. The Hall–Kier alpha value is -1.58. The van der Waals surface area contributed by atoms with Crippen LogP contribution in [-0.2, 0) is 4.79 Å². The maximum Gasteiger partial charge on any atom is 0.210 e. The molecule has 1 fully saturated rings. The maximum atomic E-state index is 11.0. The van der Waals surface area contributed by atoms with Crippen molar-refractivity contribution >= 4 is 12.2 Å². The molecule has 1 aromatic heterocycles. The highest BCUT2D eigenvalue weighted by Crippen LogP contribution is 2.29. The summed E-state index contributed by atoms with van der Waals surface area (Å²) >= 11 is 0. The van der Waals surface area contributed by atoms with Crippen molar-refractivity contribution in [1.29, 1.82) is 0 Å². The highest BCUT2D eigenvalue weighted by atomic mass is 16.1. The number of hydrogen-bond donors (Lipinski definition) is 1. The lowest BCUT2D eigenvalue weighted by molar-refractivity contribution is -0.121. The quantitative estimate of drug-likeness (QED) is 0.811. The Morgan fingerprint density at radius 2 is 2.41 bits per heavy atom. The molecule has 1 saturated heterocycles. The minimum Gasteiger partial charge on any atom is -0.370 e. The van der Waals surface area contributed by atoms with E-state index in [9.17, 15) is 4.79 Å². The molecule has 4 heteroatoms. The lowest BCUT2D eigenvalue weighted by Gasteiger charge is -2.32. The van der Waals surface area contributed by atoms with E-state index < -0.39 is 0 Å². The van der Waals surface area contributed by atoms with Gasteiger partial charge >= 0.3 is 0 Å². The van der Waals surface area contributed by atoms with Crippen LogP contribution in [0.15, 0.2) is 18.3 Å². The van der Waals surface area contributed by atoms with E-state index in [0.717, 1.165) is 43.7 Å². The Morgan fingerprint density at radius 1 is 1.53 bits per heavy atom. The molecule has 17 heavy (non-hydrogen) atoms. The molecule has 1 atom stereocenters. The van der Waals surface area contributed by atoms with E-state index in [2.05, 4.69) is 16.4 Å². The van der Waals surface area contributed by atoms with Crippen LogP contribution in [0.25, 0.3) is 0 Å². The molecule has 2 heterocycles. The molecule has 1 amide bonds. The molecule has 0 spiro atoms. The van der Waals surface area contributed by atoms with Gasteiger partial charge in [-0.05, 0) is 37.8 Å². The summed E-state index contributed by atoms with van der Waals surface area (Å²) in [5.74, 6) is 0.893. The number of rotatable bonds is 4. The summed E-state index contributed by atoms with van der Waals surface area (Å²) in [7, 11) is 0. The minimum absolute atomic E-state index is 0.212. The van der Waals surface area contributed by atoms with E-state index >= 15 is 0 Å². The molecule has 1 N–H and O–H groups in total. The van der Waals surface area contributed by atoms with Crippen LogP contribution in [0.5, 0.6) is 0 Å². The van der Waals surface area contributed by atoms with Crippen molar-refractivity contribution < 1.29 is 4.79 Å². The van der Waals surface area contributed by atoms with Crippen LogP contribution in [0.4, 0.5) is 5.82 Å². The molecule has 1 aliphatic heterocycles. The first-order valence-corrected chi connectivity index (χ1v) is 6.26. The van der Waals surface area contributed by atoms with Gasteiger partial charge in [-0.25, -0.2) is 4.98 Å². The van der Waals surface area contributed by atoms with Crippen LogP contribution in [0, 0.1) is 0 Å². The molecule has 0 radical (unpaired) electrons. The Balaban J connectivity index is 2.11. The zero-order valence-corrected chi connectivity index (χ0v) is 10.2. The number of piperidine rings is 1. The van der Waals surface area contributed by atoms with E-state index in [0.29, 0.717) is 0 Å². The second-order valence-electron chi connectivity index (χ2n) is 4.36. The minimum atomic E-state index is 0.212. The van der Waals surface area contributed by atoms with E-state index in [1.807, 2.05) is 24.1 Å². The van der Waals surface area contributed by atoms with Gasteiger partial charge in [0.2, 0.25) is 6.41 Å². The van der Waals surface area contributed by atoms with Crippen molar-refractivity contribution in [3.8, 4) is 0 Å². The molecular formula is C13H19N3O. The number of likely N-dealkylation sites (tertiary alicyclic amines) is 1. The average molecular weight is 233 g/mol. The predicted octanol–water partition coefficient (Wildman–Crippen LogP) is 2.20. The van der Waals surface area contributed by atoms with Crippen LogP contribution in [0.2, 0.25) is 0 Å². The fourth-order valence-corrected chi connectivity index (χ4v) is 2.33. The third kappa shape index (κ3) is 2.75. The largest absolute Gasteiger partial charge is 0.370 e. The number of pyridine rings is 1. The van der Waals surface area contributed by atoms with Crippen molar-refractivity contribution in [2.45, 2.75) is 32.2 Å². The van der Waals surface area contributed by atoms with Gasteiger partial charge in [-0.3, -0.25) is 4.79 Å². The summed E-state index contributed by atoms with van der Waals surface area (Å²) in [6, 6.07) is 4.26. The van der Waals surface area contributed by atoms with Crippen molar-refractivity contribution in [2.24, 2.45) is 0 Å². The van der Waals surface area contributed by atoms with E-state index in [1.165, 1.54) is 6.42 Å². The molecule has 4 nitrogen and oxygen atoms in total. The first-order chi connectivity index (χ1) is 8.35. The second-order valence-corrected chi connectivity index (χ2v) is 4.36. The fourth-order valence-electron chi connectivity index (χ4n) is 2.33. The molecule has 0 aliphatic carbocycles. The van der Waals surface area contributed by atoms with Crippen molar-refractivity contribution in [3.63, 3.8) is 0 Å². The number of carbonyl (C=O) groups is 1. The van der Waals surface area contributed by atoms with Crippen LogP contribution in [0.3, 0.4) is 0 Å². The van der Waals surface area contributed by atoms with Crippen molar-refractivity contribution in [2.75, 3.05) is 18.4 Å². The number of nitrogens with zero attached hydrogens (tertiary/aromatic N) is 2. The zero-order chi connectivity index (χ0) is 12.1. The van der Waals surface area contributed by atoms with Gasteiger partial charge in [0.05, 0.1) is 6.04 Å². The number of hydrogen-bond acceptors (Lipinski definition) is 3. The smallest absolute Gasteiger partial charge is 0.210 e. The SMILES string of the molecule is CCNc1ccc([C@H]2CCCCN2C=O)cn1. The summed E-state index contributed by atoms with van der Waals surface area (Å²) in [4.78, 5) is 17.2. The molecule has 2 rings (SSSR count). The second kappa shape index (κ2) is 5.66. The molecule has 0 bridgehead atoms. The average Bonchev–Trinajstić information content (AvgIpc) is 2.40. The molecule has 0 aromatic carbocycles. The van der Waals surface area contributed by atoms with E-state index in [4.69, 9.17) is 0 Å². The number of amides is 1. The Bertz CT molecular complexity index is 363. The van der Waals surface area contributed by atoms with Crippen molar-refractivity contribution in [3.05, 3.63) is 23.9 Å². The maximum absolute atomic E-state index is 11.0. The topological polar surface area (TPSA) is 45.2 Å². The predicted molar refractivity (Wildman–Crippen MR) is 67.8 cm³/mol. The zero-order valence-electron chi connectivity index (χ0n) is 10.2. The molecule has 92 valence electrons. The first kappa shape index (κ1) is 11.9. The number of carbonyl (C=O) groups excluding carboxylic acids is 1. The first-order valence-electron chi connectivity index (χ1n) is 6.26. The van der Waals surface area contributed by atoms with Crippen molar-refractivity contribution in [1.82, 2.24) is 9.88 Å². The summed E-state index contributed by atoms with van der Waals surface area (Å²) < 4.78 is 0. The van der Waals surface area contributed by atoms with Crippen LogP contribution < -0.4 is 5.32 Å². The number of nitrogens with one attached hydrogen (secondary N) is 1. The standard InChI is InChI=1S/C13H19N3O/c1-2-14-13-7-6-11(9-15-13)12-5-3-4-8-16(12)10-17/h6-7,9-10,12H,2-5,8H2,1H3,(H,14,15)/t12-/m1/s1. The van der Waals surface area contributed by atoms with Gasteiger partial charge in [0, 0.05) is 19.3 Å². The van der Waals surface area contributed by atoms with Crippen LogP contribution in [0.1, 0.15) is 37.8 Å². The molecule has 0 unspecified atom stereocenters. The highest BCUT2D eigenvalue weighted by molar-refractivity contribution is 5.49. The Kier molecular flexibility index (Phi) is 3.96. The van der Waals surface area contributed by atoms with Gasteiger partial charge in [-0.1, -0.05) is 6.07 Å². The summed E-state index contributed by atoms with van der Waals surface area (Å²) in [6.45, 7) is 3.78. The molecule has 1 aromatic rings. The van der Waals surface area contributed by atoms with Gasteiger partial charge in [0.25, 0.3) is 0 Å². The Labute approximate surface area is 102 Å². The molecular weight excluding hydrogens is 214 g/mol. The fraction of sp³-hybridized carbons (Fsp3) is 0.538. The molecule has 0 saturated carbocycles. The number of aromatic nitrogens is 1. The summed E-state index contributed by atoms with van der Waals surface area (Å²) in [5.41, 5.74) is 1.14. The van der Waals surface area contributed by atoms with Gasteiger partial charge in [0.15, 0.2) is 0 Å². The normalized spacial score (nSPS) is 20.1. The highest BCUT2D eigenvalue weighted by Gasteiger charge is 2.22. The summed E-state index contributed by atoms with van der Waals surface area (Å²) in [6.07, 6.45) is 6.18. The lowest BCUT2D eigenvalue weighted by atomic mass is 9.97. The lowest BCUT2D eigenvalue weighted by Crippen LogP contribution is -2.32. The van der Waals surface area contributed by atoms with Gasteiger partial charge in [0.1, 0.15) is 5.82 Å². The number of anilines is 1. The van der Waals surface area contributed by atoms with E-state index in [1.54, 1.807) is 0 Å². The van der Waals surface area contributed by atoms with Crippen LogP contribution in [-0.4, -0.2) is 29.4 Å².